The molecule has 1 N–H and O–H groups in total. The molecule has 0 aromatic rings. The molecule has 0 rings (SSSR count). The molecule has 0 spiro atoms. The van der Waals surface area contributed by atoms with Crippen LogP contribution in [0.1, 0.15) is 34.6 Å². The van der Waals surface area contributed by atoms with Crippen molar-refractivity contribution in [1.29, 1.82) is 0 Å². The zero-order chi connectivity index (χ0) is 11.5. The molecule has 0 bridgehead atoms. The Morgan fingerprint density at radius 2 is 1.64 bits per heavy atom. The first kappa shape index (κ1) is 13.1. The standard InChI is InChI=1S/C10H18O4/c1-6(2)8(12)14-9(13)10(4,5)7(3)11/h6-7,11H,1-5H3. The molecule has 0 saturated carbocycles. The van der Waals surface area contributed by atoms with Gasteiger partial charge in [0.25, 0.3) is 0 Å². The van der Waals surface area contributed by atoms with Crippen molar-refractivity contribution in [2.75, 3.05) is 0 Å². The van der Waals surface area contributed by atoms with Gasteiger partial charge in [0.2, 0.25) is 0 Å². The molecule has 1 unspecified atom stereocenters. The van der Waals surface area contributed by atoms with Crippen molar-refractivity contribution in [3.63, 3.8) is 0 Å². The van der Waals surface area contributed by atoms with Gasteiger partial charge in [-0.2, -0.15) is 0 Å². The van der Waals surface area contributed by atoms with E-state index in [9.17, 15) is 14.7 Å². The van der Waals surface area contributed by atoms with E-state index in [-0.39, 0.29) is 5.92 Å². The summed E-state index contributed by atoms with van der Waals surface area (Å²) >= 11 is 0. The van der Waals surface area contributed by atoms with Gasteiger partial charge in [-0.25, -0.2) is 0 Å². The predicted molar refractivity (Wildman–Crippen MR) is 51.4 cm³/mol. The molecule has 0 aliphatic heterocycles. The lowest BCUT2D eigenvalue weighted by Crippen LogP contribution is -2.38. The molecule has 4 heteroatoms. The van der Waals surface area contributed by atoms with E-state index >= 15 is 0 Å². The predicted octanol–water partition coefficient (Wildman–Crippen LogP) is 1.12. The molecule has 82 valence electrons. The van der Waals surface area contributed by atoms with Crippen molar-refractivity contribution in [3.8, 4) is 0 Å². The maximum absolute atomic E-state index is 11.4. The van der Waals surface area contributed by atoms with Gasteiger partial charge in [0.15, 0.2) is 0 Å². The van der Waals surface area contributed by atoms with Gasteiger partial charge >= 0.3 is 11.9 Å². The third-order valence-electron chi connectivity index (χ3n) is 2.24. The van der Waals surface area contributed by atoms with Crippen LogP contribution in [0.2, 0.25) is 0 Å². The normalized spacial score (nSPS) is 13.9. The van der Waals surface area contributed by atoms with Crippen LogP contribution < -0.4 is 0 Å². The summed E-state index contributed by atoms with van der Waals surface area (Å²) in [4.78, 5) is 22.5. The molecule has 0 fully saturated rings. The van der Waals surface area contributed by atoms with E-state index in [1.54, 1.807) is 13.8 Å². The van der Waals surface area contributed by atoms with Crippen molar-refractivity contribution in [2.24, 2.45) is 11.3 Å². The summed E-state index contributed by atoms with van der Waals surface area (Å²) in [5.41, 5.74) is -1.05. The fraction of sp³-hybridized carbons (Fsp3) is 0.800. The summed E-state index contributed by atoms with van der Waals surface area (Å²) in [5.74, 6) is -1.60. The minimum Gasteiger partial charge on any atom is -0.392 e. The minimum absolute atomic E-state index is 0.344. The van der Waals surface area contributed by atoms with Gasteiger partial charge < -0.3 is 9.84 Å². The number of ether oxygens (including phenoxy) is 1. The van der Waals surface area contributed by atoms with Crippen LogP contribution in [0.4, 0.5) is 0 Å². The third-order valence-corrected chi connectivity index (χ3v) is 2.24. The van der Waals surface area contributed by atoms with E-state index in [2.05, 4.69) is 4.74 Å². The molecular weight excluding hydrogens is 184 g/mol. The highest BCUT2D eigenvalue weighted by molar-refractivity contribution is 5.89. The maximum Gasteiger partial charge on any atom is 0.321 e. The smallest absolute Gasteiger partial charge is 0.321 e. The van der Waals surface area contributed by atoms with Gasteiger partial charge in [-0.3, -0.25) is 9.59 Å². The van der Waals surface area contributed by atoms with Gasteiger partial charge in [0, 0.05) is 0 Å². The first-order valence-corrected chi connectivity index (χ1v) is 4.63. The fourth-order valence-corrected chi connectivity index (χ4v) is 0.511. The first-order valence-electron chi connectivity index (χ1n) is 4.63. The van der Waals surface area contributed by atoms with Gasteiger partial charge in [-0.15, -0.1) is 0 Å². The SMILES string of the molecule is CC(C)C(=O)OC(=O)C(C)(C)C(C)O. The number of aliphatic hydroxyl groups is 1. The maximum atomic E-state index is 11.4. The number of hydrogen-bond acceptors (Lipinski definition) is 4. The Morgan fingerprint density at radius 3 is 1.93 bits per heavy atom. The Bertz CT molecular complexity index is 228. The molecule has 0 radical (unpaired) electrons. The highest BCUT2D eigenvalue weighted by atomic mass is 16.6. The Morgan fingerprint density at radius 1 is 1.21 bits per heavy atom. The van der Waals surface area contributed by atoms with Crippen molar-refractivity contribution < 1.29 is 19.4 Å². The molecule has 0 aliphatic carbocycles. The quantitative estimate of drug-likeness (QED) is 0.550. The van der Waals surface area contributed by atoms with Crippen LogP contribution in [-0.2, 0) is 14.3 Å². The number of esters is 2. The Kier molecular flexibility index (Phi) is 4.26. The van der Waals surface area contributed by atoms with Crippen LogP contribution in [0, 0.1) is 11.3 Å². The summed E-state index contributed by atoms with van der Waals surface area (Å²) < 4.78 is 4.60. The van der Waals surface area contributed by atoms with E-state index in [0.29, 0.717) is 0 Å². The van der Waals surface area contributed by atoms with E-state index in [0.717, 1.165) is 0 Å². The molecular formula is C10H18O4. The number of carbonyl (C=O) groups excluding carboxylic acids is 2. The molecule has 0 aromatic heterocycles. The lowest BCUT2D eigenvalue weighted by molar-refractivity contribution is -0.171. The second-order valence-corrected chi connectivity index (χ2v) is 4.26. The molecule has 0 saturated heterocycles. The van der Waals surface area contributed by atoms with Crippen LogP contribution in [-0.4, -0.2) is 23.1 Å². The Hall–Kier alpha value is -0.900. The largest absolute Gasteiger partial charge is 0.392 e. The molecule has 0 amide bonds. The summed E-state index contributed by atoms with van der Waals surface area (Å²) in [6.45, 7) is 7.85. The van der Waals surface area contributed by atoms with E-state index < -0.39 is 23.5 Å². The number of rotatable bonds is 3. The molecule has 4 nitrogen and oxygen atoms in total. The molecule has 0 aliphatic rings. The van der Waals surface area contributed by atoms with Crippen LogP contribution in [0.25, 0.3) is 0 Å². The van der Waals surface area contributed by atoms with Crippen LogP contribution in [0.5, 0.6) is 0 Å². The van der Waals surface area contributed by atoms with Gasteiger partial charge in [-0.05, 0) is 20.8 Å². The zero-order valence-corrected chi connectivity index (χ0v) is 9.33. The lowest BCUT2D eigenvalue weighted by atomic mass is 9.88. The number of carbonyl (C=O) groups is 2. The van der Waals surface area contributed by atoms with Crippen LogP contribution in [0.3, 0.4) is 0 Å². The zero-order valence-electron chi connectivity index (χ0n) is 9.33. The van der Waals surface area contributed by atoms with E-state index in [1.807, 2.05) is 0 Å². The lowest BCUT2D eigenvalue weighted by Gasteiger charge is -2.24. The van der Waals surface area contributed by atoms with Crippen molar-refractivity contribution >= 4 is 11.9 Å². The minimum atomic E-state index is -1.05. The van der Waals surface area contributed by atoms with Gasteiger partial charge in [0.05, 0.1) is 17.4 Å². The highest BCUT2D eigenvalue weighted by Crippen LogP contribution is 2.22. The Balaban J connectivity index is 4.43. The summed E-state index contributed by atoms with van der Waals surface area (Å²) in [5, 5.41) is 9.29. The molecule has 1 atom stereocenters. The van der Waals surface area contributed by atoms with E-state index in [4.69, 9.17) is 0 Å². The Labute approximate surface area is 84.3 Å². The summed E-state index contributed by atoms with van der Waals surface area (Å²) in [7, 11) is 0. The summed E-state index contributed by atoms with van der Waals surface area (Å²) in [6, 6.07) is 0. The van der Waals surface area contributed by atoms with E-state index in [1.165, 1.54) is 20.8 Å². The number of aliphatic hydroxyl groups excluding tert-OH is 1. The second-order valence-electron chi connectivity index (χ2n) is 4.26. The van der Waals surface area contributed by atoms with Gasteiger partial charge in [0.1, 0.15) is 0 Å². The average molecular weight is 202 g/mol. The molecule has 14 heavy (non-hydrogen) atoms. The first-order chi connectivity index (χ1) is 6.19. The van der Waals surface area contributed by atoms with Crippen molar-refractivity contribution in [2.45, 2.75) is 40.7 Å². The monoisotopic (exact) mass is 202 g/mol. The highest BCUT2D eigenvalue weighted by Gasteiger charge is 2.36. The second kappa shape index (κ2) is 4.55. The topological polar surface area (TPSA) is 63.6 Å². The fourth-order valence-electron chi connectivity index (χ4n) is 0.511. The van der Waals surface area contributed by atoms with Crippen LogP contribution in [0.15, 0.2) is 0 Å². The number of hydrogen-bond donors (Lipinski definition) is 1. The van der Waals surface area contributed by atoms with Gasteiger partial charge in [-0.1, -0.05) is 13.8 Å². The molecule has 0 heterocycles. The van der Waals surface area contributed by atoms with Crippen molar-refractivity contribution in [3.05, 3.63) is 0 Å². The van der Waals surface area contributed by atoms with Crippen LogP contribution >= 0.6 is 0 Å². The summed E-state index contributed by atoms with van der Waals surface area (Å²) in [6.07, 6.45) is -0.852. The van der Waals surface area contributed by atoms with Crippen molar-refractivity contribution in [1.82, 2.24) is 0 Å². The third kappa shape index (κ3) is 3.10. The molecule has 0 aromatic carbocycles. The average Bonchev–Trinajstić information content (AvgIpc) is 2.03.